The molecule has 0 radical (unpaired) electrons. The number of carbonyl (C=O) groups excluding carboxylic acids is 2. The molecule has 0 bridgehead atoms. The third-order valence-electron chi connectivity index (χ3n) is 3.35. The lowest BCUT2D eigenvalue weighted by Crippen LogP contribution is -2.44. The Balaban J connectivity index is 2.00. The van der Waals surface area contributed by atoms with Crippen molar-refractivity contribution >= 4 is 23.8 Å². The monoisotopic (exact) mass is 344 g/mol. The molecular weight excluding hydrogens is 328 g/mol. The van der Waals surface area contributed by atoms with Gasteiger partial charge in [-0.05, 0) is 12.1 Å². The van der Waals surface area contributed by atoms with E-state index in [2.05, 4.69) is 19.9 Å². The molecule has 0 N–H and O–H groups in total. The van der Waals surface area contributed by atoms with Crippen LogP contribution in [0.3, 0.4) is 0 Å². The molecule has 0 saturated carbocycles. The van der Waals surface area contributed by atoms with Gasteiger partial charge in [-0.3, -0.25) is 19.4 Å². The molecular formula is C15H16N6O4. The van der Waals surface area contributed by atoms with Crippen LogP contribution in [-0.4, -0.2) is 51.0 Å². The normalized spacial score (nSPS) is 19.6. The van der Waals surface area contributed by atoms with E-state index in [-0.39, 0.29) is 6.67 Å². The summed E-state index contributed by atoms with van der Waals surface area (Å²) < 4.78 is 10.8. The van der Waals surface area contributed by atoms with Gasteiger partial charge in [0.2, 0.25) is 24.4 Å². The first kappa shape index (κ1) is 16.6. The van der Waals surface area contributed by atoms with Crippen molar-refractivity contribution in [2.75, 3.05) is 16.5 Å². The number of esters is 2. The minimum Gasteiger partial charge on any atom is -0.435 e. The van der Waals surface area contributed by atoms with E-state index in [1.165, 1.54) is 13.8 Å². The van der Waals surface area contributed by atoms with E-state index in [9.17, 15) is 9.59 Å². The molecule has 2 aromatic heterocycles. The molecule has 10 nitrogen and oxygen atoms in total. The predicted octanol–water partition coefficient (Wildman–Crippen LogP) is 0.329. The van der Waals surface area contributed by atoms with E-state index in [0.29, 0.717) is 11.9 Å². The summed E-state index contributed by atoms with van der Waals surface area (Å²) >= 11 is 0. The van der Waals surface area contributed by atoms with Crippen molar-refractivity contribution in [2.24, 2.45) is 0 Å². The summed E-state index contributed by atoms with van der Waals surface area (Å²) in [4.78, 5) is 43.0. The van der Waals surface area contributed by atoms with Crippen molar-refractivity contribution in [2.45, 2.75) is 26.3 Å². The Morgan fingerprint density at radius 3 is 1.52 bits per heavy atom. The largest absolute Gasteiger partial charge is 0.435 e. The van der Waals surface area contributed by atoms with Crippen LogP contribution >= 0.6 is 0 Å². The molecule has 130 valence electrons. The highest BCUT2D eigenvalue weighted by Gasteiger charge is 2.47. The van der Waals surface area contributed by atoms with Gasteiger partial charge in [0.05, 0.1) is 0 Å². The van der Waals surface area contributed by atoms with Crippen molar-refractivity contribution in [1.82, 2.24) is 19.9 Å². The predicted molar refractivity (Wildman–Crippen MR) is 85.0 cm³/mol. The first-order chi connectivity index (χ1) is 12.1. The zero-order valence-corrected chi connectivity index (χ0v) is 13.6. The Labute approximate surface area is 143 Å². The van der Waals surface area contributed by atoms with E-state index in [0.717, 1.165) is 0 Å². The van der Waals surface area contributed by atoms with Crippen molar-refractivity contribution < 1.29 is 19.1 Å². The summed E-state index contributed by atoms with van der Waals surface area (Å²) in [6.07, 6.45) is 4.39. The zero-order valence-electron chi connectivity index (χ0n) is 13.6. The van der Waals surface area contributed by atoms with Crippen LogP contribution in [-0.2, 0) is 19.1 Å². The quantitative estimate of drug-likeness (QED) is 0.719. The van der Waals surface area contributed by atoms with Crippen LogP contribution < -0.4 is 9.80 Å². The molecule has 1 aliphatic rings. The number of hydrogen-bond acceptors (Lipinski definition) is 10. The third-order valence-corrected chi connectivity index (χ3v) is 3.35. The second kappa shape index (κ2) is 7.07. The Kier molecular flexibility index (Phi) is 4.68. The number of carbonyl (C=O) groups is 2. The molecule has 0 unspecified atom stereocenters. The molecule has 2 atom stereocenters. The van der Waals surface area contributed by atoms with Crippen molar-refractivity contribution in [3.05, 3.63) is 36.9 Å². The number of nitrogens with zero attached hydrogens (tertiary/aromatic N) is 6. The molecule has 0 aliphatic carbocycles. The summed E-state index contributed by atoms with van der Waals surface area (Å²) in [5.41, 5.74) is 0. The minimum absolute atomic E-state index is 0.171. The van der Waals surface area contributed by atoms with Crippen LogP contribution in [0.4, 0.5) is 11.9 Å². The van der Waals surface area contributed by atoms with Crippen LogP contribution in [0.5, 0.6) is 0 Å². The Bertz CT molecular complexity index is 681. The van der Waals surface area contributed by atoms with Crippen LogP contribution in [0.2, 0.25) is 0 Å². The fourth-order valence-corrected chi connectivity index (χ4v) is 2.45. The molecule has 3 rings (SSSR count). The van der Waals surface area contributed by atoms with Gasteiger partial charge in [-0.15, -0.1) is 0 Å². The first-order valence-electron chi connectivity index (χ1n) is 7.48. The van der Waals surface area contributed by atoms with Gasteiger partial charge < -0.3 is 9.47 Å². The summed E-state index contributed by atoms with van der Waals surface area (Å²) in [5, 5.41) is 0. The van der Waals surface area contributed by atoms with Gasteiger partial charge in [-0.2, -0.15) is 0 Å². The van der Waals surface area contributed by atoms with E-state index >= 15 is 0 Å². The number of aromatic nitrogens is 4. The van der Waals surface area contributed by atoms with Gasteiger partial charge in [0, 0.05) is 38.6 Å². The van der Waals surface area contributed by atoms with Gasteiger partial charge in [-0.1, -0.05) is 0 Å². The Morgan fingerprint density at radius 1 is 0.840 bits per heavy atom. The van der Waals surface area contributed by atoms with Crippen molar-refractivity contribution in [3.63, 3.8) is 0 Å². The fourth-order valence-electron chi connectivity index (χ4n) is 2.45. The molecule has 0 spiro atoms. The molecule has 0 amide bonds. The number of anilines is 2. The SMILES string of the molecule is CC(=O)O[C@@H]1[C@@H](OC(C)=O)N(c2ncccn2)CN1c1ncccn1. The summed E-state index contributed by atoms with van der Waals surface area (Å²) in [6.45, 7) is 2.72. The number of ether oxygens (including phenoxy) is 2. The summed E-state index contributed by atoms with van der Waals surface area (Å²) in [6, 6.07) is 3.34. The molecule has 1 fully saturated rings. The maximum atomic E-state index is 11.6. The number of rotatable bonds is 4. The maximum Gasteiger partial charge on any atom is 0.304 e. The highest BCUT2D eigenvalue weighted by molar-refractivity contribution is 5.68. The minimum atomic E-state index is -0.937. The van der Waals surface area contributed by atoms with Crippen molar-refractivity contribution in [3.8, 4) is 0 Å². The zero-order chi connectivity index (χ0) is 17.8. The number of hydrogen-bond donors (Lipinski definition) is 0. The van der Waals surface area contributed by atoms with Crippen LogP contribution in [0.25, 0.3) is 0 Å². The smallest absolute Gasteiger partial charge is 0.304 e. The van der Waals surface area contributed by atoms with E-state index in [1.54, 1.807) is 46.7 Å². The molecule has 1 saturated heterocycles. The van der Waals surface area contributed by atoms with Crippen LogP contribution in [0.15, 0.2) is 36.9 Å². The first-order valence-corrected chi connectivity index (χ1v) is 7.48. The van der Waals surface area contributed by atoms with Crippen LogP contribution in [0, 0.1) is 0 Å². The van der Waals surface area contributed by atoms with Gasteiger partial charge >= 0.3 is 11.9 Å². The third kappa shape index (κ3) is 3.62. The van der Waals surface area contributed by atoms with Gasteiger partial charge in [-0.25, -0.2) is 19.9 Å². The van der Waals surface area contributed by atoms with E-state index in [4.69, 9.17) is 9.47 Å². The molecule has 1 aliphatic heterocycles. The van der Waals surface area contributed by atoms with Crippen LogP contribution in [0.1, 0.15) is 13.8 Å². The highest BCUT2D eigenvalue weighted by Crippen LogP contribution is 2.29. The molecule has 2 aromatic rings. The van der Waals surface area contributed by atoms with Crippen molar-refractivity contribution in [1.29, 1.82) is 0 Å². The topological polar surface area (TPSA) is 111 Å². The fraction of sp³-hybridized carbons (Fsp3) is 0.333. The Morgan fingerprint density at radius 2 is 1.20 bits per heavy atom. The average molecular weight is 344 g/mol. The van der Waals surface area contributed by atoms with Gasteiger partial charge in [0.15, 0.2) is 0 Å². The Hall–Kier alpha value is -3.30. The molecule has 3 heterocycles. The second-order valence-corrected chi connectivity index (χ2v) is 5.18. The highest BCUT2D eigenvalue weighted by atomic mass is 16.6. The van der Waals surface area contributed by atoms with E-state index < -0.39 is 24.4 Å². The van der Waals surface area contributed by atoms with Gasteiger partial charge in [0.1, 0.15) is 6.67 Å². The van der Waals surface area contributed by atoms with E-state index in [1.807, 2.05) is 0 Å². The lowest BCUT2D eigenvalue weighted by atomic mass is 10.4. The van der Waals surface area contributed by atoms with Gasteiger partial charge in [0.25, 0.3) is 0 Å². The maximum absolute atomic E-state index is 11.6. The lowest BCUT2D eigenvalue weighted by molar-refractivity contribution is -0.162. The molecule has 0 aromatic carbocycles. The molecule has 25 heavy (non-hydrogen) atoms. The second-order valence-electron chi connectivity index (χ2n) is 5.18. The lowest BCUT2D eigenvalue weighted by Gasteiger charge is -2.26. The summed E-state index contributed by atoms with van der Waals surface area (Å²) in [5.74, 6) is -0.411. The molecule has 10 heteroatoms. The average Bonchev–Trinajstić information content (AvgIpc) is 2.94. The summed E-state index contributed by atoms with van der Waals surface area (Å²) in [7, 11) is 0. The standard InChI is InChI=1S/C15H16N6O4/c1-10(22)24-12-13(25-11(2)23)21(15-18-7-4-8-19-15)9-20(12)14-16-5-3-6-17-14/h3-8,12-13H,9H2,1-2H3/t12-,13-/m1/s1.